The van der Waals surface area contributed by atoms with Crippen LogP contribution in [0.5, 0.6) is 5.75 Å². The number of benzene rings is 2. The Morgan fingerprint density at radius 1 is 1.12 bits per heavy atom. The molecule has 0 fully saturated rings. The van der Waals surface area contributed by atoms with E-state index < -0.39 is 28.4 Å². The number of halogens is 1. The van der Waals surface area contributed by atoms with Crippen LogP contribution in [0.25, 0.3) is 0 Å². The number of aryl methyl sites for hydroxylation is 2. The van der Waals surface area contributed by atoms with E-state index in [0.29, 0.717) is 5.75 Å². The Balaban J connectivity index is 2.09. The van der Waals surface area contributed by atoms with Gasteiger partial charge in [0.15, 0.2) is 0 Å². The summed E-state index contributed by atoms with van der Waals surface area (Å²) in [7, 11) is -2.63. The molecule has 0 amide bonds. The van der Waals surface area contributed by atoms with Crippen LogP contribution in [0.3, 0.4) is 0 Å². The number of nitrogens with zero attached hydrogens (tertiary/aromatic N) is 1. The zero-order valence-corrected chi connectivity index (χ0v) is 14.4. The largest absolute Gasteiger partial charge is 0.425 e. The number of ether oxygens (including phenoxy) is 1. The summed E-state index contributed by atoms with van der Waals surface area (Å²) in [5.41, 5.74) is 1.82. The van der Waals surface area contributed by atoms with E-state index >= 15 is 0 Å². The summed E-state index contributed by atoms with van der Waals surface area (Å²) in [5.74, 6) is -0.848. The van der Waals surface area contributed by atoms with Gasteiger partial charge >= 0.3 is 5.97 Å². The smallest absolute Gasteiger partial charge is 0.326 e. The molecule has 0 radical (unpaired) electrons. The Hall–Kier alpha value is -2.25. The Morgan fingerprint density at radius 2 is 1.75 bits per heavy atom. The van der Waals surface area contributed by atoms with Gasteiger partial charge in [-0.1, -0.05) is 17.7 Å². The third kappa shape index (κ3) is 4.18. The van der Waals surface area contributed by atoms with Gasteiger partial charge in [-0.2, -0.15) is 4.31 Å². The van der Waals surface area contributed by atoms with Crippen molar-refractivity contribution in [2.45, 2.75) is 18.7 Å². The molecule has 0 atom stereocenters. The van der Waals surface area contributed by atoms with E-state index in [2.05, 4.69) is 0 Å². The molecule has 7 heteroatoms. The summed E-state index contributed by atoms with van der Waals surface area (Å²) in [4.78, 5) is 11.9. The van der Waals surface area contributed by atoms with Gasteiger partial charge in [0.25, 0.3) is 0 Å². The number of esters is 1. The molecule has 0 aliphatic rings. The van der Waals surface area contributed by atoms with E-state index in [1.807, 2.05) is 13.0 Å². The van der Waals surface area contributed by atoms with Gasteiger partial charge < -0.3 is 4.74 Å². The molecule has 128 valence electrons. The number of carbonyl (C=O) groups is 1. The van der Waals surface area contributed by atoms with Crippen molar-refractivity contribution in [2.24, 2.45) is 0 Å². The third-order valence-corrected chi connectivity index (χ3v) is 5.25. The molecule has 0 bridgehead atoms. The van der Waals surface area contributed by atoms with Crippen molar-refractivity contribution in [1.82, 2.24) is 4.31 Å². The van der Waals surface area contributed by atoms with Crippen molar-refractivity contribution in [2.75, 3.05) is 13.6 Å². The maximum absolute atomic E-state index is 12.9. The average Bonchev–Trinajstić information content (AvgIpc) is 2.50. The van der Waals surface area contributed by atoms with Gasteiger partial charge in [0.05, 0.1) is 4.90 Å². The van der Waals surface area contributed by atoms with Crippen LogP contribution in [0.4, 0.5) is 4.39 Å². The van der Waals surface area contributed by atoms with Gasteiger partial charge in [0.1, 0.15) is 18.1 Å². The summed E-state index contributed by atoms with van der Waals surface area (Å²) < 4.78 is 43.7. The number of hydrogen-bond donors (Lipinski definition) is 0. The normalized spacial score (nSPS) is 11.5. The number of likely N-dealkylation sites (N-methyl/N-ethyl adjacent to an activating group) is 1. The summed E-state index contributed by atoms with van der Waals surface area (Å²) in [6.07, 6.45) is 0. The number of carbonyl (C=O) groups excluding carboxylic acids is 1. The molecule has 0 saturated heterocycles. The van der Waals surface area contributed by atoms with Gasteiger partial charge in [-0.25, -0.2) is 12.8 Å². The lowest BCUT2D eigenvalue weighted by Crippen LogP contribution is -2.34. The fourth-order valence-corrected chi connectivity index (χ4v) is 3.24. The zero-order chi connectivity index (χ0) is 17.9. The molecule has 0 N–H and O–H groups in total. The minimum atomic E-state index is -3.89. The highest BCUT2D eigenvalue weighted by atomic mass is 32.2. The van der Waals surface area contributed by atoms with E-state index in [9.17, 15) is 17.6 Å². The molecule has 2 aromatic carbocycles. The van der Waals surface area contributed by atoms with Crippen LogP contribution in [-0.2, 0) is 14.8 Å². The molecular weight excluding hydrogens is 333 g/mol. The Bertz CT molecular complexity index is 847. The second kappa shape index (κ2) is 7.11. The summed E-state index contributed by atoms with van der Waals surface area (Å²) in [6, 6.07) is 9.73. The van der Waals surface area contributed by atoms with Crippen molar-refractivity contribution < 1.29 is 22.3 Å². The molecule has 2 rings (SSSR count). The highest BCUT2D eigenvalue weighted by Crippen LogP contribution is 2.19. The van der Waals surface area contributed by atoms with Crippen molar-refractivity contribution in [1.29, 1.82) is 0 Å². The maximum atomic E-state index is 12.9. The van der Waals surface area contributed by atoms with E-state index in [1.165, 1.54) is 7.05 Å². The van der Waals surface area contributed by atoms with Crippen LogP contribution in [0.15, 0.2) is 47.4 Å². The van der Waals surface area contributed by atoms with Gasteiger partial charge in [0.2, 0.25) is 10.0 Å². The van der Waals surface area contributed by atoms with Crippen LogP contribution in [0.2, 0.25) is 0 Å². The predicted molar refractivity (Wildman–Crippen MR) is 87.8 cm³/mol. The molecule has 2 aromatic rings. The van der Waals surface area contributed by atoms with Gasteiger partial charge in [0, 0.05) is 7.05 Å². The first-order valence-electron chi connectivity index (χ1n) is 7.20. The van der Waals surface area contributed by atoms with Crippen LogP contribution in [0.1, 0.15) is 11.1 Å². The minimum Gasteiger partial charge on any atom is -0.425 e. The third-order valence-electron chi connectivity index (χ3n) is 3.43. The highest BCUT2D eigenvalue weighted by molar-refractivity contribution is 7.89. The SMILES string of the molecule is Cc1ccc(OC(=O)CN(C)S(=O)(=O)c2ccc(F)cc2)c(C)c1. The number of hydrogen-bond acceptors (Lipinski definition) is 4. The van der Waals surface area contributed by atoms with E-state index in [0.717, 1.165) is 39.7 Å². The van der Waals surface area contributed by atoms with E-state index in [1.54, 1.807) is 19.1 Å². The number of rotatable bonds is 5. The predicted octanol–water partition coefficient (Wildman–Crippen LogP) is 2.67. The van der Waals surface area contributed by atoms with Crippen LogP contribution >= 0.6 is 0 Å². The molecule has 0 aliphatic heterocycles. The average molecular weight is 351 g/mol. The molecule has 24 heavy (non-hydrogen) atoms. The first-order chi connectivity index (χ1) is 11.2. The standard InChI is InChI=1S/C17H18FNO4S/c1-12-4-9-16(13(2)10-12)23-17(20)11-19(3)24(21,22)15-7-5-14(18)6-8-15/h4-10H,11H2,1-3H3. The maximum Gasteiger partial charge on any atom is 0.326 e. The van der Waals surface area contributed by atoms with Gasteiger partial charge in [-0.05, 0) is 49.7 Å². The highest BCUT2D eigenvalue weighted by Gasteiger charge is 2.24. The molecular formula is C17H18FNO4S. The van der Waals surface area contributed by atoms with Crippen LogP contribution in [-0.4, -0.2) is 32.3 Å². The van der Waals surface area contributed by atoms with Crippen molar-refractivity contribution in [3.63, 3.8) is 0 Å². The molecule has 0 heterocycles. The van der Waals surface area contributed by atoms with Gasteiger partial charge in [-0.3, -0.25) is 4.79 Å². The van der Waals surface area contributed by atoms with Crippen molar-refractivity contribution in [3.8, 4) is 5.75 Å². The molecule has 5 nitrogen and oxygen atoms in total. The van der Waals surface area contributed by atoms with Gasteiger partial charge in [-0.15, -0.1) is 0 Å². The zero-order valence-electron chi connectivity index (χ0n) is 13.6. The topological polar surface area (TPSA) is 63.7 Å². The summed E-state index contributed by atoms with van der Waals surface area (Å²) >= 11 is 0. The Labute approximate surface area is 140 Å². The fraction of sp³-hybridized carbons (Fsp3) is 0.235. The molecule has 0 saturated carbocycles. The second-order valence-corrected chi connectivity index (χ2v) is 7.50. The van der Waals surface area contributed by atoms with Crippen molar-refractivity contribution >= 4 is 16.0 Å². The van der Waals surface area contributed by atoms with Crippen molar-refractivity contribution in [3.05, 3.63) is 59.4 Å². The Morgan fingerprint density at radius 3 is 2.33 bits per heavy atom. The second-order valence-electron chi connectivity index (χ2n) is 5.46. The lowest BCUT2D eigenvalue weighted by atomic mass is 10.1. The first-order valence-corrected chi connectivity index (χ1v) is 8.64. The monoisotopic (exact) mass is 351 g/mol. The molecule has 0 aliphatic carbocycles. The summed E-state index contributed by atoms with van der Waals surface area (Å²) in [5, 5.41) is 0. The number of sulfonamides is 1. The lowest BCUT2D eigenvalue weighted by molar-refractivity contribution is -0.134. The Kier molecular flexibility index (Phi) is 5.36. The molecule has 0 aromatic heterocycles. The van der Waals surface area contributed by atoms with E-state index in [-0.39, 0.29) is 4.90 Å². The van der Waals surface area contributed by atoms with E-state index in [4.69, 9.17) is 4.74 Å². The first kappa shape index (κ1) is 18.1. The molecule has 0 spiro atoms. The summed E-state index contributed by atoms with van der Waals surface area (Å²) in [6.45, 7) is 3.27. The van der Waals surface area contributed by atoms with Crippen LogP contribution < -0.4 is 4.74 Å². The molecule has 0 unspecified atom stereocenters. The fourth-order valence-electron chi connectivity index (χ4n) is 2.12. The lowest BCUT2D eigenvalue weighted by Gasteiger charge is -2.17. The quantitative estimate of drug-likeness (QED) is 0.614. The van der Waals surface area contributed by atoms with Crippen LogP contribution in [0, 0.1) is 19.7 Å². The minimum absolute atomic E-state index is 0.0919.